The molecule has 0 bridgehead atoms. The van der Waals surface area contributed by atoms with E-state index in [1.54, 1.807) is 0 Å². The van der Waals surface area contributed by atoms with Crippen LogP contribution in [0.5, 0.6) is 0 Å². The van der Waals surface area contributed by atoms with Gasteiger partial charge in [0.25, 0.3) is 0 Å². The van der Waals surface area contributed by atoms with Crippen molar-refractivity contribution in [3.8, 4) is 0 Å². The van der Waals surface area contributed by atoms with Gasteiger partial charge in [-0.3, -0.25) is 14.9 Å². The van der Waals surface area contributed by atoms with Crippen molar-refractivity contribution in [3.63, 3.8) is 0 Å². The smallest absolute Gasteiger partial charge is 0.243 e. The van der Waals surface area contributed by atoms with Gasteiger partial charge in [-0.2, -0.15) is 0 Å². The second-order valence-electron chi connectivity index (χ2n) is 5.65. The lowest BCUT2D eigenvalue weighted by molar-refractivity contribution is -0.134. The number of amides is 2. The molecule has 0 aromatic rings. The summed E-state index contributed by atoms with van der Waals surface area (Å²) in [5, 5.41) is 18.3. The predicted molar refractivity (Wildman–Crippen MR) is 81.7 cm³/mol. The van der Waals surface area contributed by atoms with E-state index in [1.165, 1.54) is 0 Å². The minimum atomic E-state index is -0.452. The number of aliphatic hydroxyl groups excluding tert-OH is 1. The fraction of sp³-hybridized carbons (Fsp3) is 0.733. The molecule has 1 aliphatic heterocycles. The van der Waals surface area contributed by atoms with Crippen LogP contribution in [0.2, 0.25) is 0 Å². The van der Waals surface area contributed by atoms with Gasteiger partial charge in [0.05, 0.1) is 18.2 Å². The Hall–Kier alpha value is -1.24. The molecular weight excluding hydrogens is 270 g/mol. The topological polar surface area (TPSA) is 90.5 Å². The average molecular weight is 297 g/mol. The number of aliphatic hydroxyl groups is 1. The Bertz CT molecular complexity index is 409. The van der Waals surface area contributed by atoms with Crippen LogP contribution in [0.25, 0.3) is 0 Å². The fourth-order valence-corrected chi connectivity index (χ4v) is 2.43. The van der Waals surface area contributed by atoms with E-state index in [-0.39, 0.29) is 24.5 Å². The van der Waals surface area contributed by atoms with Gasteiger partial charge in [0.1, 0.15) is 0 Å². The average Bonchev–Trinajstić information content (AvgIpc) is 2.45. The normalized spacial score (nSPS) is 22.9. The lowest BCUT2D eigenvalue weighted by Gasteiger charge is -2.27. The van der Waals surface area contributed by atoms with E-state index in [0.717, 1.165) is 18.5 Å². The highest BCUT2D eigenvalue weighted by Crippen LogP contribution is 2.12. The minimum absolute atomic E-state index is 0.0166. The summed E-state index contributed by atoms with van der Waals surface area (Å²) in [7, 11) is 0. The van der Waals surface area contributed by atoms with Crippen molar-refractivity contribution in [2.75, 3.05) is 19.7 Å². The van der Waals surface area contributed by atoms with Crippen molar-refractivity contribution in [3.05, 3.63) is 11.6 Å². The number of hydrogen-bond acceptors (Lipinski definition) is 5. The molecule has 2 atom stereocenters. The van der Waals surface area contributed by atoms with Crippen LogP contribution in [0.1, 0.15) is 40.0 Å². The largest absolute Gasteiger partial charge is 0.394 e. The van der Waals surface area contributed by atoms with E-state index in [1.807, 2.05) is 26.8 Å². The Morgan fingerprint density at radius 2 is 2.19 bits per heavy atom. The number of carbonyl (C=O) groups is 2. The van der Waals surface area contributed by atoms with Gasteiger partial charge in [-0.25, -0.2) is 0 Å². The van der Waals surface area contributed by atoms with Crippen LogP contribution < -0.4 is 16.0 Å². The molecule has 4 N–H and O–H groups in total. The summed E-state index contributed by atoms with van der Waals surface area (Å²) < 4.78 is 0. The lowest BCUT2D eigenvalue weighted by atomic mass is 9.97. The molecule has 0 aromatic heterocycles. The highest BCUT2D eigenvalue weighted by atomic mass is 16.3. The molecule has 0 spiro atoms. The zero-order chi connectivity index (χ0) is 15.9. The Labute approximate surface area is 126 Å². The number of rotatable bonds is 8. The first-order chi connectivity index (χ1) is 9.94. The third-order valence-corrected chi connectivity index (χ3v) is 3.70. The lowest BCUT2D eigenvalue weighted by Crippen LogP contribution is -2.51. The van der Waals surface area contributed by atoms with E-state index in [2.05, 4.69) is 16.0 Å². The number of carbonyl (C=O) groups excluding carboxylic acids is 2. The molecule has 120 valence electrons. The van der Waals surface area contributed by atoms with Gasteiger partial charge in [0.2, 0.25) is 11.8 Å². The van der Waals surface area contributed by atoms with Crippen molar-refractivity contribution >= 4 is 11.8 Å². The molecule has 1 saturated heterocycles. The first-order valence-electron chi connectivity index (χ1n) is 7.57. The van der Waals surface area contributed by atoms with Gasteiger partial charge in [0, 0.05) is 13.0 Å². The van der Waals surface area contributed by atoms with Crippen LogP contribution in [0, 0.1) is 0 Å². The fourth-order valence-electron chi connectivity index (χ4n) is 2.43. The quantitative estimate of drug-likeness (QED) is 0.376. The Kier molecular flexibility index (Phi) is 7.01. The molecule has 1 heterocycles. The molecule has 6 nitrogen and oxygen atoms in total. The van der Waals surface area contributed by atoms with Crippen LogP contribution in [0.15, 0.2) is 11.6 Å². The molecule has 0 aliphatic carbocycles. The maximum absolute atomic E-state index is 11.7. The van der Waals surface area contributed by atoms with Crippen molar-refractivity contribution in [2.24, 2.45) is 0 Å². The molecule has 21 heavy (non-hydrogen) atoms. The maximum atomic E-state index is 11.7. The summed E-state index contributed by atoms with van der Waals surface area (Å²) in [6.07, 6.45) is 3.77. The first-order valence-corrected chi connectivity index (χ1v) is 7.57. The van der Waals surface area contributed by atoms with E-state index in [4.69, 9.17) is 0 Å². The van der Waals surface area contributed by atoms with E-state index in [0.29, 0.717) is 19.4 Å². The highest BCUT2D eigenvalue weighted by Gasteiger charge is 2.26. The van der Waals surface area contributed by atoms with Crippen LogP contribution in [-0.2, 0) is 9.59 Å². The molecule has 0 radical (unpaired) electrons. The number of imide groups is 1. The predicted octanol–water partition coefficient (Wildman–Crippen LogP) is 0.0781. The first kappa shape index (κ1) is 17.8. The second-order valence-corrected chi connectivity index (χ2v) is 5.65. The van der Waals surface area contributed by atoms with Crippen LogP contribution in [0.4, 0.5) is 0 Å². The summed E-state index contributed by atoms with van der Waals surface area (Å²) in [6.45, 7) is 7.34. The SMILES string of the molecule is CCNC(C)(/C=C(\CC)CNC1CCC(=O)NC1=O)CO. The molecule has 0 aromatic carbocycles. The zero-order valence-corrected chi connectivity index (χ0v) is 13.2. The van der Waals surface area contributed by atoms with Crippen LogP contribution >= 0.6 is 0 Å². The minimum Gasteiger partial charge on any atom is -0.394 e. The summed E-state index contributed by atoms with van der Waals surface area (Å²) in [6, 6.07) is -0.322. The molecule has 1 aliphatic rings. The van der Waals surface area contributed by atoms with Crippen LogP contribution in [-0.4, -0.2) is 48.2 Å². The summed E-state index contributed by atoms with van der Waals surface area (Å²) >= 11 is 0. The molecular formula is C15H27N3O3. The number of piperidine rings is 1. The zero-order valence-electron chi connectivity index (χ0n) is 13.2. The van der Waals surface area contributed by atoms with Gasteiger partial charge < -0.3 is 15.7 Å². The van der Waals surface area contributed by atoms with Crippen molar-refractivity contribution in [1.29, 1.82) is 0 Å². The molecule has 2 unspecified atom stereocenters. The van der Waals surface area contributed by atoms with E-state index in [9.17, 15) is 14.7 Å². The van der Waals surface area contributed by atoms with E-state index >= 15 is 0 Å². The Morgan fingerprint density at radius 3 is 2.71 bits per heavy atom. The third-order valence-electron chi connectivity index (χ3n) is 3.70. The highest BCUT2D eigenvalue weighted by molar-refractivity contribution is 6.00. The van der Waals surface area contributed by atoms with Gasteiger partial charge in [-0.15, -0.1) is 0 Å². The van der Waals surface area contributed by atoms with Gasteiger partial charge >= 0.3 is 0 Å². The number of likely N-dealkylation sites (N-methyl/N-ethyl adjacent to an activating group) is 1. The van der Waals surface area contributed by atoms with Crippen LogP contribution in [0.3, 0.4) is 0 Å². The Balaban J connectivity index is 2.61. The number of hydrogen-bond donors (Lipinski definition) is 4. The molecule has 1 rings (SSSR count). The number of nitrogens with one attached hydrogen (secondary N) is 3. The van der Waals surface area contributed by atoms with Gasteiger partial charge in [0.15, 0.2) is 0 Å². The third kappa shape index (κ3) is 5.57. The summed E-state index contributed by atoms with van der Waals surface area (Å²) in [4.78, 5) is 22.8. The molecule has 1 fully saturated rings. The Morgan fingerprint density at radius 1 is 1.48 bits per heavy atom. The van der Waals surface area contributed by atoms with Gasteiger partial charge in [-0.05, 0) is 26.3 Å². The summed E-state index contributed by atoms with van der Waals surface area (Å²) in [5.41, 5.74) is 0.671. The molecule has 6 heteroatoms. The van der Waals surface area contributed by atoms with Gasteiger partial charge in [-0.1, -0.05) is 25.5 Å². The standard InChI is InChI=1S/C15H27N3O3/c1-4-11(8-15(3,10-19)17-5-2)9-16-12-6-7-13(20)18-14(12)21/h8,12,16-17,19H,4-7,9-10H2,1-3H3,(H,18,20,21)/b11-8+. The summed E-state index contributed by atoms with van der Waals surface area (Å²) in [5.74, 6) is -0.456. The van der Waals surface area contributed by atoms with Crippen molar-refractivity contribution < 1.29 is 14.7 Å². The maximum Gasteiger partial charge on any atom is 0.243 e. The second kappa shape index (κ2) is 8.26. The van der Waals surface area contributed by atoms with E-state index < -0.39 is 5.54 Å². The van der Waals surface area contributed by atoms with Crippen molar-refractivity contribution in [1.82, 2.24) is 16.0 Å². The monoisotopic (exact) mass is 297 g/mol. The van der Waals surface area contributed by atoms with Crippen molar-refractivity contribution in [2.45, 2.75) is 51.6 Å². The molecule has 0 saturated carbocycles. The molecule has 2 amide bonds.